The molecule has 17 heavy (non-hydrogen) atoms. The second kappa shape index (κ2) is 5.46. The van der Waals surface area contributed by atoms with E-state index in [1.807, 2.05) is 13.0 Å². The van der Waals surface area contributed by atoms with Crippen LogP contribution >= 0.6 is 0 Å². The van der Waals surface area contributed by atoms with Crippen LogP contribution in [0.15, 0.2) is 36.9 Å². The van der Waals surface area contributed by atoms with E-state index in [0.717, 1.165) is 11.1 Å². The second-order valence-corrected chi connectivity index (χ2v) is 3.86. The van der Waals surface area contributed by atoms with Gasteiger partial charge in [0.05, 0.1) is 0 Å². The summed E-state index contributed by atoms with van der Waals surface area (Å²) in [7, 11) is 0. The molecule has 0 aromatic heterocycles. The van der Waals surface area contributed by atoms with Crippen LogP contribution in [0.5, 0.6) is 0 Å². The van der Waals surface area contributed by atoms with Crippen molar-refractivity contribution in [3.8, 4) is 0 Å². The predicted molar refractivity (Wildman–Crippen MR) is 67.1 cm³/mol. The Kier molecular flexibility index (Phi) is 4.24. The van der Waals surface area contributed by atoms with Crippen molar-refractivity contribution in [2.24, 2.45) is 0 Å². The molecule has 0 heterocycles. The molecule has 0 bridgehead atoms. The average molecular weight is 232 g/mol. The second-order valence-electron chi connectivity index (χ2n) is 3.86. The molecule has 1 aromatic carbocycles. The summed E-state index contributed by atoms with van der Waals surface area (Å²) in [6, 6.07) is 5.28. The molecule has 0 aliphatic heterocycles. The SMILES string of the molecule is C=Cc1cc(C(O)OC(=O)C(=C)C)ccc1C. The summed E-state index contributed by atoms with van der Waals surface area (Å²) in [5, 5.41) is 9.73. The number of carbonyl (C=O) groups is 1. The zero-order chi connectivity index (χ0) is 13.0. The molecule has 0 aliphatic carbocycles. The largest absolute Gasteiger partial charge is 0.428 e. The lowest BCUT2D eigenvalue weighted by Crippen LogP contribution is -2.11. The Bertz CT molecular complexity index is 461. The minimum atomic E-state index is -1.28. The normalized spacial score (nSPS) is 11.7. The smallest absolute Gasteiger partial charge is 0.335 e. The van der Waals surface area contributed by atoms with Gasteiger partial charge in [-0.05, 0) is 31.0 Å². The van der Waals surface area contributed by atoms with Crippen molar-refractivity contribution < 1.29 is 14.6 Å². The van der Waals surface area contributed by atoms with Crippen molar-refractivity contribution in [2.75, 3.05) is 0 Å². The van der Waals surface area contributed by atoms with E-state index in [9.17, 15) is 9.90 Å². The number of ether oxygens (including phenoxy) is 1. The zero-order valence-electron chi connectivity index (χ0n) is 10.1. The minimum absolute atomic E-state index is 0.250. The van der Waals surface area contributed by atoms with Crippen LogP contribution in [-0.2, 0) is 9.53 Å². The van der Waals surface area contributed by atoms with E-state index in [-0.39, 0.29) is 5.57 Å². The molecule has 1 unspecified atom stereocenters. The Hall–Kier alpha value is -1.87. The molecule has 1 atom stereocenters. The van der Waals surface area contributed by atoms with E-state index in [2.05, 4.69) is 13.2 Å². The fourth-order valence-corrected chi connectivity index (χ4v) is 1.30. The van der Waals surface area contributed by atoms with Gasteiger partial charge in [0.1, 0.15) is 0 Å². The van der Waals surface area contributed by atoms with E-state index in [1.165, 1.54) is 6.92 Å². The van der Waals surface area contributed by atoms with E-state index >= 15 is 0 Å². The maximum absolute atomic E-state index is 11.2. The van der Waals surface area contributed by atoms with Crippen molar-refractivity contribution in [3.05, 3.63) is 53.6 Å². The molecule has 0 saturated carbocycles. The summed E-state index contributed by atoms with van der Waals surface area (Å²) in [6.07, 6.45) is 0.407. The van der Waals surface area contributed by atoms with E-state index < -0.39 is 12.3 Å². The Morgan fingerprint density at radius 3 is 2.71 bits per heavy atom. The first kappa shape index (κ1) is 13.2. The predicted octanol–water partition coefficient (Wildman–Crippen LogP) is 2.75. The fraction of sp³-hybridized carbons (Fsp3) is 0.214. The van der Waals surface area contributed by atoms with Crippen LogP contribution in [0.4, 0.5) is 0 Å². The van der Waals surface area contributed by atoms with Crippen LogP contribution in [-0.4, -0.2) is 11.1 Å². The molecule has 0 aliphatic rings. The highest BCUT2D eigenvalue weighted by Crippen LogP contribution is 2.20. The van der Waals surface area contributed by atoms with E-state index in [1.54, 1.807) is 18.2 Å². The van der Waals surface area contributed by atoms with Crippen LogP contribution in [0, 0.1) is 6.92 Å². The molecule has 90 valence electrons. The molecule has 0 fully saturated rings. The van der Waals surface area contributed by atoms with Crippen LogP contribution in [0.3, 0.4) is 0 Å². The molecule has 0 saturated heterocycles. The van der Waals surface area contributed by atoms with Crippen LogP contribution in [0.25, 0.3) is 6.08 Å². The number of rotatable bonds is 4. The van der Waals surface area contributed by atoms with Crippen LogP contribution in [0.1, 0.15) is 29.9 Å². The van der Waals surface area contributed by atoms with Crippen molar-refractivity contribution in [1.29, 1.82) is 0 Å². The summed E-state index contributed by atoms with van der Waals surface area (Å²) in [6.45, 7) is 10.6. The lowest BCUT2D eigenvalue weighted by Gasteiger charge is -2.13. The summed E-state index contributed by atoms with van der Waals surface area (Å²) in [5.41, 5.74) is 2.70. The molecule has 1 rings (SSSR count). The first-order valence-electron chi connectivity index (χ1n) is 5.23. The van der Waals surface area contributed by atoms with Gasteiger partial charge >= 0.3 is 5.97 Å². The van der Waals surface area contributed by atoms with Gasteiger partial charge in [0.15, 0.2) is 0 Å². The monoisotopic (exact) mass is 232 g/mol. The maximum atomic E-state index is 11.2. The standard InChI is InChI=1S/C14H16O3/c1-5-11-8-12(7-6-10(11)4)14(16)17-13(15)9(2)3/h5-8,14,16H,1-2H2,3-4H3. The fourth-order valence-electron chi connectivity index (χ4n) is 1.30. The molecule has 1 aromatic rings. The Morgan fingerprint density at radius 2 is 2.18 bits per heavy atom. The van der Waals surface area contributed by atoms with E-state index in [0.29, 0.717) is 5.56 Å². The quantitative estimate of drug-likeness (QED) is 0.493. The minimum Gasteiger partial charge on any atom is -0.428 e. The number of carbonyl (C=O) groups excluding carboxylic acids is 1. The van der Waals surface area contributed by atoms with Crippen LogP contribution in [0.2, 0.25) is 0 Å². The van der Waals surface area contributed by atoms with Gasteiger partial charge in [-0.1, -0.05) is 31.4 Å². The van der Waals surface area contributed by atoms with Crippen molar-refractivity contribution in [2.45, 2.75) is 20.1 Å². The lowest BCUT2D eigenvalue weighted by molar-refractivity contribution is -0.164. The molecule has 3 heteroatoms. The number of benzene rings is 1. The molecule has 3 nitrogen and oxygen atoms in total. The maximum Gasteiger partial charge on any atom is 0.335 e. The van der Waals surface area contributed by atoms with Crippen LogP contribution < -0.4 is 0 Å². The number of hydrogen-bond donors (Lipinski definition) is 1. The van der Waals surface area contributed by atoms with Gasteiger partial charge in [-0.3, -0.25) is 0 Å². The van der Waals surface area contributed by atoms with Gasteiger partial charge < -0.3 is 9.84 Å². The average Bonchev–Trinajstić information content (AvgIpc) is 2.29. The molecular weight excluding hydrogens is 216 g/mol. The lowest BCUT2D eigenvalue weighted by atomic mass is 10.0. The van der Waals surface area contributed by atoms with Gasteiger partial charge in [0.2, 0.25) is 6.29 Å². The third-order valence-electron chi connectivity index (χ3n) is 2.38. The number of esters is 1. The third kappa shape index (κ3) is 3.29. The molecule has 1 N–H and O–H groups in total. The highest BCUT2D eigenvalue weighted by atomic mass is 16.6. The Morgan fingerprint density at radius 1 is 1.53 bits per heavy atom. The Labute approximate surface area is 101 Å². The summed E-state index contributed by atoms with van der Waals surface area (Å²) in [4.78, 5) is 11.2. The summed E-state index contributed by atoms with van der Waals surface area (Å²) < 4.78 is 4.82. The van der Waals surface area contributed by atoms with Gasteiger partial charge in [-0.25, -0.2) is 4.79 Å². The molecule has 0 radical (unpaired) electrons. The highest BCUT2D eigenvalue weighted by Gasteiger charge is 2.14. The number of aliphatic hydroxyl groups excluding tert-OH is 1. The van der Waals surface area contributed by atoms with Gasteiger partial charge in [0, 0.05) is 11.1 Å². The highest BCUT2D eigenvalue weighted by molar-refractivity contribution is 5.87. The number of aliphatic hydroxyl groups is 1. The third-order valence-corrected chi connectivity index (χ3v) is 2.38. The zero-order valence-corrected chi connectivity index (χ0v) is 10.1. The molecule has 0 spiro atoms. The molecule has 0 amide bonds. The van der Waals surface area contributed by atoms with Crippen molar-refractivity contribution >= 4 is 12.0 Å². The summed E-state index contributed by atoms with van der Waals surface area (Å²) in [5.74, 6) is -0.613. The molecular formula is C14H16O3. The topological polar surface area (TPSA) is 46.5 Å². The van der Waals surface area contributed by atoms with Crippen molar-refractivity contribution in [1.82, 2.24) is 0 Å². The summed E-state index contributed by atoms with van der Waals surface area (Å²) >= 11 is 0. The first-order valence-corrected chi connectivity index (χ1v) is 5.23. The van der Waals surface area contributed by atoms with Gasteiger partial charge in [0.25, 0.3) is 0 Å². The number of hydrogen-bond acceptors (Lipinski definition) is 3. The first-order chi connectivity index (χ1) is 7.95. The Balaban J connectivity index is 2.89. The van der Waals surface area contributed by atoms with Gasteiger partial charge in [-0.2, -0.15) is 0 Å². The van der Waals surface area contributed by atoms with Gasteiger partial charge in [-0.15, -0.1) is 0 Å². The van der Waals surface area contributed by atoms with Crippen molar-refractivity contribution in [3.63, 3.8) is 0 Å². The number of aryl methyl sites for hydroxylation is 1. The van der Waals surface area contributed by atoms with E-state index in [4.69, 9.17) is 4.74 Å².